The highest BCUT2D eigenvalue weighted by molar-refractivity contribution is 5.14. The Bertz CT molecular complexity index is 271. The zero-order valence-corrected chi connectivity index (χ0v) is 7.29. The molecule has 0 aromatic carbocycles. The molecule has 12 heavy (non-hydrogen) atoms. The predicted molar refractivity (Wildman–Crippen MR) is 42.7 cm³/mol. The van der Waals surface area contributed by atoms with Gasteiger partial charge in [0.2, 0.25) is 5.79 Å². The summed E-state index contributed by atoms with van der Waals surface area (Å²) < 4.78 is 16.1. The molecule has 2 rings (SSSR count). The minimum atomic E-state index is -0.658. The lowest BCUT2D eigenvalue weighted by molar-refractivity contribution is -0.162. The molecule has 1 aliphatic rings. The third kappa shape index (κ3) is 1.15. The molecule has 0 spiro atoms. The maximum Gasteiger partial charge on any atom is 0.225 e. The first-order valence-electron chi connectivity index (χ1n) is 4.04. The highest BCUT2D eigenvalue weighted by Gasteiger charge is 2.36. The van der Waals surface area contributed by atoms with Crippen molar-refractivity contribution in [1.29, 1.82) is 0 Å². The summed E-state index contributed by atoms with van der Waals surface area (Å²) >= 11 is 0. The average Bonchev–Trinajstić information content (AvgIpc) is 2.59. The quantitative estimate of drug-likeness (QED) is 0.640. The van der Waals surface area contributed by atoms with Crippen molar-refractivity contribution >= 4 is 0 Å². The van der Waals surface area contributed by atoms with Crippen LogP contribution in [0.3, 0.4) is 0 Å². The van der Waals surface area contributed by atoms with E-state index in [2.05, 4.69) is 0 Å². The van der Waals surface area contributed by atoms with E-state index in [0.29, 0.717) is 13.2 Å². The Morgan fingerprint density at radius 3 is 2.50 bits per heavy atom. The Morgan fingerprint density at radius 2 is 2.00 bits per heavy atom. The van der Waals surface area contributed by atoms with Crippen LogP contribution >= 0.6 is 0 Å². The molecule has 0 N–H and O–H groups in total. The molecule has 3 heteroatoms. The zero-order chi connectivity index (χ0) is 8.60. The molecule has 0 unspecified atom stereocenters. The van der Waals surface area contributed by atoms with Crippen LogP contribution in [-0.4, -0.2) is 13.2 Å². The molecule has 0 aliphatic carbocycles. The summed E-state index contributed by atoms with van der Waals surface area (Å²) in [5.74, 6) is 0.0892. The van der Waals surface area contributed by atoms with Gasteiger partial charge in [-0.1, -0.05) is 0 Å². The van der Waals surface area contributed by atoms with E-state index >= 15 is 0 Å². The average molecular weight is 168 g/mol. The molecule has 0 atom stereocenters. The fourth-order valence-electron chi connectivity index (χ4n) is 1.33. The van der Waals surface area contributed by atoms with E-state index in [4.69, 9.17) is 13.9 Å². The number of rotatable bonds is 1. The van der Waals surface area contributed by atoms with E-state index in [1.54, 1.807) is 6.26 Å². The van der Waals surface area contributed by atoms with Crippen LogP contribution in [0, 0.1) is 6.92 Å². The molecule has 0 amide bonds. The fourth-order valence-corrected chi connectivity index (χ4v) is 1.33. The number of hydrogen-bond donors (Lipinski definition) is 0. The van der Waals surface area contributed by atoms with Crippen LogP contribution in [0.4, 0.5) is 0 Å². The Balaban J connectivity index is 2.28. The van der Waals surface area contributed by atoms with Crippen molar-refractivity contribution in [2.24, 2.45) is 0 Å². The monoisotopic (exact) mass is 168 g/mol. The third-order valence-corrected chi connectivity index (χ3v) is 2.02. The van der Waals surface area contributed by atoms with Gasteiger partial charge in [0, 0.05) is 0 Å². The van der Waals surface area contributed by atoms with Crippen molar-refractivity contribution in [2.75, 3.05) is 13.2 Å². The molecule has 0 bridgehead atoms. The summed E-state index contributed by atoms with van der Waals surface area (Å²) in [6, 6.07) is 1.94. The maximum absolute atomic E-state index is 5.42. The lowest BCUT2D eigenvalue weighted by Gasteiger charge is -2.18. The standard InChI is InChI=1S/C9H12O3/c1-7-5-8(10-6-7)9(2)11-3-4-12-9/h5-6H,3-4H2,1-2H3. The van der Waals surface area contributed by atoms with E-state index in [0.717, 1.165) is 11.3 Å². The van der Waals surface area contributed by atoms with E-state index in [1.807, 2.05) is 19.9 Å². The van der Waals surface area contributed by atoms with Gasteiger partial charge < -0.3 is 13.9 Å². The van der Waals surface area contributed by atoms with Crippen molar-refractivity contribution in [1.82, 2.24) is 0 Å². The van der Waals surface area contributed by atoms with Crippen LogP contribution < -0.4 is 0 Å². The van der Waals surface area contributed by atoms with Gasteiger partial charge in [0.1, 0.15) is 0 Å². The molecule has 0 saturated carbocycles. The third-order valence-electron chi connectivity index (χ3n) is 2.02. The number of furan rings is 1. The van der Waals surface area contributed by atoms with Crippen LogP contribution in [0.5, 0.6) is 0 Å². The molecular formula is C9H12O3. The van der Waals surface area contributed by atoms with Crippen molar-refractivity contribution < 1.29 is 13.9 Å². The van der Waals surface area contributed by atoms with Crippen LogP contribution in [0.1, 0.15) is 18.2 Å². The molecular weight excluding hydrogens is 156 g/mol. The van der Waals surface area contributed by atoms with Gasteiger partial charge in [-0.25, -0.2) is 0 Å². The van der Waals surface area contributed by atoms with Crippen molar-refractivity contribution in [3.8, 4) is 0 Å². The molecule has 2 heterocycles. The molecule has 3 nitrogen and oxygen atoms in total. The summed E-state index contributed by atoms with van der Waals surface area (Å²) in [4.78, 5) is 0. The largest absolute Gasteiger partial charge is 0.463 e. The number of hydrogen-bond acceptors (Lipinski definition) is 3. The van der Waals surface area contributed by atoms with E-state index in [-0.39, 0.29) is 0 Å². The van der Waals surface area contributed by atoms with Crippen molar-refractivity contribution in [3.63, 3.8) is 0 Å². The number of ether oxygens (including phenoxy) is 2. The Hall–Kier alpha value is -0.800. The molecule has 1 fully saturated rings. The van der Waals surface area contributed by atoms with E-state index in [9.17, 15) is 0 Å². The van der Waals surface area contributed by atoms with Crippen LogP contribution in [0.15, 0.2) is 16.7 Å². The lowest BCUT2D eigenvalue weighted by Crippen LogP contribution is -2.21. The lowest BCUT2D eigenvalue weighted by atomic mass is 10.2. The van der Waals surface area contributed by atoms with Crippen molar-refractivity contribution in [3.05, 3.63) is 23.7 Å². The van der Waals surface area contributed by atoms with Gasteiger partial charge in [-0.3, -0.25) is 0 Å². The van der Waals surface area contributed by atoms with Gasteiger partial charge in [-0.2, -0.15) is 0 Å². The van der Waals surface area contributed by atoms with Crippen LogP contribution in [-0.2, 0) is 15.3 Å². The van der Waals surface area contributed by atoms with Crippen molar-refractivity contribution in [2.45, 2.75) is 19.6 Å². The first-order chi connectivity index (χ1) is 5.71. The topological polar surface area (TPSA) is 31.6 Å². The van der Waals surface area contributed by atoms with Crippen LogP contribution in [0.2, 0.25) is 0 Å². The molecule has 66 valence electrons. The Labute approximate surface area is 71.3 Å². The molecule has 1 saturated heterocycles. The molecule has 0 radical (unpaired) electrons. The second-order valence-electron chi connectivity index (χ2n) is 3.13. The summed E-state index contributed by atoms with van der Waals surface area (Å²) in [6.07, 6.45) is 1.70. The predicted octanol–water partition coefficient (Wildman–Crippen LogP) is 1.81. The summed E-state index contributed by atoms with van der Waals surface area (Å²) in [6.45, 7) is 5.12. The zero-order valence-electron chi connectivity index (χ0n) is 7.29. The van der Waals surface area contributed by atoms with Crippen LogP contribution in [0.25, 0.3) is 0 Å². The van der Waals surface area contributed by atoms with Gasteiger partial charge >= 0.3 is 0 Å². The van der Waals surface area contributed by atoms with Gasteiger partial charge in [0.15, 0.2) is 5.76 Å². The van der Waals surface area contributed by atoms with Gasteiger partial charge in [-0.05, 0) is 25.5 Å². The molecule has 1 aromatic rings. The SMILES string of the molecule is Cc1coc(C2(C)OCCO2)c1. The normalized spacial score (nSPS) is 21.5. The smallest absolute Gasteiger partial charge is 0.225 e. The first-order valence-corrected chi connectivity index (χ1v) is 4.04. The minimum absolute atomic E-state index is 0.635. The first kappa shape index (κ1) is 7.83. The maximum atomic E-state index is 5.42. The Kier molecular flexibility index (Phi) is 1.70. The fraction of sp³-hybridized carbons (Fsp3) is 0.556. The number of aryl methyl sites for hydroxylation is 1. The van der Waals surface area contributed by atoms with Gasteiger partial charge in [0.05, 0.1) is 19.5 Å². The summed E-state index contributed by atoms with van der Waals surface area (Å²) in [5.41, 5.74) is 1.09. The van der Waals surface area contributed by atoms with Gasteiger partial charge in [-0.15, -0.1) is 0 Å². The second-order valence-corrected chi connectivity index (χ2v) is 3.13. The highest BCUT2D eigenvalue weighted by atomic mass is 16.7. The summed E-state index contributed by atoms with van der Waals surface area (Å²) in [7, 11) is 0. The van der Waals surface area contributed by atoms with E-state index < -0.39 is 5.79 Å². The summed E-state index contributed by atoms with van der Waals surface area (Å²) in [5, 5.41) is 0. The van der Waals surface area contributed by atoms with E-state index in [1.165, 1.54) is 0 Å². The molecule has 1 aliphatic heterocycles. The van der Waals surface area contributed by atoms with Gasteiger partial charge in [0.25, 0.3) is 0 Å². The second kappa shape index (κ2) is 2.61. The Morgan fingerprint density at radius 1 is 1.33 bits per heavy atom. The minimum Gasteiger partial charge on any atom is -0.463 e. The highest BCUT2D eigenvalue weighted by Crippen LogP contribution is 2.31. The molecule has 1 aromatic heterocycles.